The molecule has 0 bridgehead atoms. The van der Waals surface area contributed by atoms with Crippen LogP contribution in [0.3, 0.4) is 0 Å². The van der Waals surface area contributed by atoms with Gasteiger partial charge in [0.25, 0.3) is 0 Å². The fourth-order valence-corrected chi connectivity index (χ4v) is 2.31. The van der Waals surface area contributed by atoms with Gasteiger partial charge in [-0.1, -0.05) is 11.6 Å². The van der Waals surface area contributed by atoms with E-state index in [2.05, 4.69) is 20.3 Å². The summed E-state index contributed by atoms with van der Waals surface area (Å²) in [6.07, 6.45) is 1.47. The van der Waals surface area contributed by atoms with Crippen LogP contribution in [0.2, 0.25) is 5.02 Å². The number of hydrogen-bond acceptors (Lipinski definition) is 5. The topological polar surface area (TPSA) is 82.8 Å². The molecule has 2 N–H and O–H groups in total. The van der Waals surface area contributed by atoms with Gasteiger partial charge in [-0.2, -0.15) is 9.61 Å². The van der Waals surface area contributed by atoms with E-state index in [9.17, 15) is 4.79 Å². The van der Waals surface area contributed by atoms with Crippen LogP contribution in [0.1, 0.15) is 10.5 Å². The third-order valence-electron chi connectivity index (χ3n) is 3.07. The van der Waals surface area contributed by atoms with Crippen LogP contribution in [0.25, 0.3) is 5.65 Å². The molecule has 7 nitrogen and oxygen atoms in total. The summed E-state index contributed by atoms with van der Waals surface area (Å²) in [7, 11) is 0. The van der Waals surface area contributed by atoms with Gasteiger partial charge in [-0.05, 0) is 0 Å². The molecule has 2 aromatic heterocycles. The molecule has 1 aliphatic heterocycles. The smallest absolute Gasteiger partial charge is 0.354 e. The van der Waals surface area contributed by atoms with Crippen molar-refractivity contribution >= 4 is 29.0 Å². The van der Waals surface area contributed by atoms with E-state index < -0.39 is 5.97 Å². The van der Waals surface area contributed by atoms with E-state index in [1.807, 2.05) is 0 Å². The van der Waals surface area contributed by atoms with Crippen molar-refractivity contribution in [1.82, 2.24) is 19.9 Å². The van der Waals surface area contributed by atoms with Crippen molar-refractivity contribution < 1.29 is 9.90 Å². The normalized spacial score (nSPS) is 15.9. The third kappa shape index (κ3) is 2.11. The highest BCUT2D eigenvalue weighted by Crippen LogP contribution is 2.22. The number of anilines is 1. The highest BCUT2D eigenvalue weighted by atomic mass is 35.5. The summed E-state index contributed by atoms with van der Waals surface area (Å²) in [5.74, 6) is -0.369. The fraction of sp³-hybridized carbons (Fsp3) is 0.364. The Kier molecular flexibility index (Phi) is 3.00. The number of nitrogens with zero attached hydrogens (tertiary/aromatic N) is 4. The van der Waals surface area contributed by atoms with Crippen molar-refractivity contribution in [3.8, 4) is 0 Å². The number of aromatic nitrogens is 3. The fourth-order valence-electron chi connectivity index (χ4n) is 2.15. The molecule has 0 saturated carbocycles. The molecule has 1 fully saturated rings. The lowest BCUT2D eigenvalue weighted by molar-refractivity contribution is 0.0690. The van der Waals surface area contributed by atoms with Gasteiger partial charge in [0, 0.05) is 32.2 Å². The zero-order chi connectivity index (χ0) is 13.4. The van der Waals surface area contributed by atoms with Crippen LogP contribution in [-0.2, 0) is 0 Å². The lowest BCUT2D eigenvalue weighted by Gasteiger charge is -2.29. The van der Waals surface area contributed by atoms with Gasteiger partial charge in [-0.3, -0.25) is 0 Å². The van der Waals surface area contributed by atoms with Gasteiger partial charge in [-0.25, -0.2) is 9.78 Å². The van der Waals surface area contributed by atoms with E-state index in [1.54, 1.807) is 4.52 Å². The monoisotopic (exact) mass is 281 g/mol. The summed E-state index contributed by atoms with van der Waals surface area (Å²) in [6, 6.07) is 1.53. The van der Waals surface area contributed by atoms with E-state index in [1.165, 1.54) is 12.3 Å². The lowest BCUT2D eigenvalue weighted by Crippen LogP contribution is -2.44. The highest BCUT2D eigenvalue weighted by Gasteiger charge is 2.19. The van der Waals surface area contributed by atoms with Crippen molar-refractivity contribution in [3.63, 3.8) is 0 Å². The van der Waals surface area contributed by atoms with Crippen molar-refractivity contribution in [2.24, 2.45) is 0 Å². The second-order valence-corrected chi connectivity index (χ2v) is 4.68. The van der Waals surface area contributed by atoms with E-state index in [0.717, 1.165) is 26.2 Å². The molecule has 0 radical (unpaired) electrons. The van der Waals surface area contributed by atoms with Gasteiger partial charge in [0.1, 0.15) is 10.8 Å². The molecule has 3 rings (SSSR count). The summed E-state index contributed by atoms with van der Waals surface area (Å²) in [5, 5.41) is 16.9. The molecule has 2 aromatic rings. The zero-order valence-corrected chi connectivity index (χ0v) is 10.8. The predicted molar refractivity (Wildman–Crippen MR) is 70.0 cm³/mol. The molecule has 0 unspecified atom stereocenters. The number of halogens is 1. The molecule has 0 aromatic carbocycles. The maximum atomic E-state index is 11.1. The maximum absolute atomic E-state index is 11.1. The molecule has 0 spiro atoms. The first kappa shape index (κ1) is 12.2. The second-order valence-electron chi connectivity index (χ2n) is 4.27. The van der Waals surface area contributed by atoms with E-state index in [-0.39, 0.29) is 5.69 Å². The Bertz CT molecular complexity index is 635. The summed E-state index contributed by atoms with van der Waals surface area (Å²) in [5.41, 5.74) is 0.346. The molecular weight excluding hydrogens is 270 g/mol. The summed E-state index contributed by atoms with van der Waals surface area (Å²) in [4.78, 5) is 17.2. The Morgan fingerprint density at radius 1 is 1.42 bits per heavy atom. The molecule has 0 atom stereocenters. The molecule has 0 aliphatic carbocycles. The summed E-state index contributed by atoms with van der Waals surface area (Å²) in [6.45, 7) is 3.27. The predicted octanol–water partition coefficient (Wildman–Crippen LogP) is 0.491. The minimum Gasteiger partial charge on any atom is -0.477 e. The summed E-state index contributed by atoms with van der Waals surface area (Å²) >= 11 is 5.99. The minimum absolute atomic E-state index is 0.0246. The highest BCUT2D eigenvalue weighted by molar-refractivity contribution is 6.33. The van der Waals surface area contributed by atoms with Gasteiger partial charge in [0.15, 0.2) is 11.3 Å². The largest absolute Gasteiger partial charge is 0.477 e. The molecule has 1 saturated heterocycles. The van der Waals surface area contributed by atoms with E-state index in [0.29, 0.717) is 16.5 Å². The first-order valence-corrected chi connectivity index (χ1v) is 6.28. The zero-order valence-electron chi connectivity index (χ0n) is 10.0. The first-order chi connectivity index (χ1) is 9.16. The average molecular weight is 282 g/mol. The molecule has 1 aliphatic rings. The molecule has 0 amide bonds. The third-order valence-corrected chi connectivity index (χ3v) is 3.34. The number of fused-ring (bicyclic) bond motifs is 1. The minimum atomic E-state index is -1.07. The number of nitrogens with one attached hydrogen (secondary N) is 1. The number of rotatable bonds is 2. The van der Waals surface area contributed by atoms with Crippen molar-refractivity contribution in [2.75, 3.05) is 31.1 Å². The lowest BCUT2D eigenvalue weighted by atomic mass is 10.3. The van der Waals surface area contributed by atoms with Crippen LogP contribution in [0.5, 0.6) is 0 Å². The number of carboxylic acids is 1. The van der Waals surface area contributed by atoms with Crippen molar-refractivity contribution in [3.05, 3.63) is 23.0 Å². The Morgan fingerprint density at radius 2 is 2.16 bits per heavy atom. The van der Waals surface area contributed by atoms with Crippen LogP contribution in [0, 0.1) is 0 Å². The first-order valence-electron chi connectivity index (χ1n) is 5.90. The van der Waals surface area contributed by atoms with E-state index in [4.69, 9.17) is 16.7 Å². The van der Waals surface area contributed by atoms with Crippen LogP contribution >= 0.6 is 11.6 Å². The van der Waals surface area contributed by atoms with Gasteiger partial charge in [0.05, 0.1) is 6.20 Å². The average Bonchev–Trinajstić information content (AvgIpc) is 2.80. The van der Waals surface area contributed by atoms with Gasteiger partial charge < -0.3 is 15.3 Å². The van der Waals surface area contributed by atoms with Crippen LogP contribution in [0.4, 0.5) is 5.82 Å². The Balaban J connectivity index is 2.17. The van der Waals surface area contributed by atoms with Crippen molar-refractivity contribution in [2.45, 2.75) is 0 Å². The SMILES string of the molecule is O=C(O)c1cc(N2CCNCC2)n2ncc(Cl)c2n1. The number of aromatic carboxylic acids is 1. The van der Waals surface area contributed by atoms with Gasteiger partial charge >= 0.3 is 5.97 Å². The Morgan fingerprint density at radius 3 is 2.84 bits per heavy atom. The Labute approximate surface area is 113 Å². The number of hydrogen-bond donors (Lipinski definition) is 2. The number of carboxylic acid groups (broad SMARTS) is 1. The molecular formula is C11H12ClN5O2. The van der Waals surface area contributed by atoms with E-state index >= 15 is 0 Å². The second kappa shape index (κ2) is 4.67. The number of piperazine rings is 1. The maximum Gasteiger partial charge on any atom is 0.354 e. The van der Waals surface area contributed by atoms with Crippen LogP contribution < -0.4 is 10.2 Å². The molecule has 3 heterocycles. The summed E-state index contributed by atoms with van der Waals surface area (Å²) < 4.78 is 1.58. The standard InChI is InChI=1S/C11H12ClN5O2/c12-7-6-14-17-9(16-3-1-13-2-4-16)5-8(11(18)19)15-10(7)17/h5-6,13H,1-4H2,(H,18,19). The molecule has 8 heteroatoms. The molecule has 19 heavy (non-hydrogen) atoms. The van der Waals surface area contributed by atoms with Gasteiger partial charge in [-0.15, -0.1) is 0 Å². The number of carbonyl (C=O) groups is 1. The van der Waals surface area contributed by atoms with Crippen LogP contribution in [-0.4, -0.2) is 51.9 Å². The van der Waals surface area contributed by atoms with Crippen LogP contribution in [0.15, 0.2) is 12.3 Å². The van der Waals surface area contributed by atoms with Gasteiger partial charge in [0.2, 0.25) is 0 Å². The molecule has 100 valence electrons. The van der Waals surface area contributed by atoms with Crippen molar-refractivity contribution in [1.29, 1.82) is 0 Å². The Hall–Kier alpha value is -1.86. The quantitative estimate of drug-likeness (QED) is 0.834.